The Kier molecular flexibility index (Phi) is 6.29. The third-order valence-corrected chi connectivity index (χ3v) is 3.13. The third kappa shape index (κ3) is 5.54. The van der Waals surface area contributed by atoms with Gasteiger partial charge in [0.1, 0.15) is 11.5 Å². The number of hydrogen-bond donors (Lipinski definition) is 2. The average Bonchev–Trinajstić information content (AvgIpc) is 2.59. The number of ether oxygens (including phenoxy) is 2. The minimum atomic E-state index is -0.116. The Morgan fingerprint density at radius 2 is 1.83 bits per heavy atom. The SMILES string of the molecule is CCCOc1cccc(NCC(=O)Nc2ccc(OC)cc2)c1. The summed E-state index contributed by atoms with van der Waals surface area (Å²) < 4.78 is 10.6. The van der Waals surface area contributed by atoms with Gasteiger partial charge in [-0.3, -0.25) is 4.79 Å². The van der Waals surface area contributed by atoms with Crippen LogP contribution in [0.5, 0.6) is 11.5 Å². The Morgan fingerprint density at radius 1 is 1.04 bits per heavy atom. The highest BCUT2D eigenvalue weighted by Crippen LogP contribution is 2.18. The maximum absolute atomic E-state index is 12.0. The Balaban J connectivity index is 1.83. The molecule has 23 heavy (non-hydrogen) atoms. The average molecular weight is 314 g/mol. The van der Waals surface area contributed by atoms with E-state index in [1.807, 2.05) is 24.3 Å². The van der Waals surface area contributed by atoms with Gasteiger partial charge in [0, 0.05) is 17.4 Å². The van der Waals surface area contributed by atoms with Gasteiger partial charge in [0.25, 0.3) is 0 Å². The van der Waals surface area contributed by atoms with Gasteiger partial charge in [0.15, 0.2) is 0 Å². The first-order chi connectivity index (χ1) is 11.2. The van der Waals surface area contributed by atoms with Crippen molar-refractivity contribution < 1.29 is 14.3 Å². The molecule has 0 heterocycles. The second-order valence-corrected chi connectivity index (χ2v) is 5.01. The molecule has 5 nitrogen and oxygen atoms in total. The summed E-state index contributed by atoms with van der Waals surface area (Å²) in [5, 5.41) is 5.91. The van der Waals surface area contributed by atoms with Crippen LogP contribution in [0.15, 0.2) is 48.5 Å². The molecule has 2 rings (SSSR count). The number of methoxy groups -OCH3 is 1. The number of benzene rings is 2. The van der Waals surface area contributed by atoms with E-state index >= 15 is 0 Å². The number of amides is 1. The summed E-state index contributed by atoms with van der Waals surface area (Å²) >= 11 is 0. The number of carbonyl (C=O) groups excluding carboxylic acids is 1. The molecule has 0 fully saturated rings. The largest absolute Gasteiger partial charge is 0.497 e. The molecule has 1 amide bonds. The molecule has 0 aliphatic heterocycles. The van der Waals surface area contributed by atoms with Gasteiger partial charge in [-0.25, -0.2) is 0 Å². The molecule has 2 N–H and O–H groups in total. The van der Waals surface area contributed by atoms with Crippen LogP contribution in [0.2, 0.25) is 0 Å². The van der Waals surface area contributed by atoms with Crippen LogP contribution >= 0.6 is 0 Å². The van der Waals surface area contributed by atoms with Crippen LogP contribution in [0, 0.1) is 0 Å². The number of hydrogen-bond acceptors (Lipinski definition) is 4. The van der Waals surface area contributed by atoms with Crippen molar-refractivity contribution in [2.45, 2.75) is 13.3 Å². The molecule has 0 aliphatic rings. The summed E-state index contributed by atoms with van der Waals surface area (Å²) in [7, 11) is 1.61. The topological polar surface area (TPSA) is 59.6 Å². The summed E-state index contributed by atoms with van der Waals surface area (Å²) in [5.74, 6) is 1.44. The van der Waals surface area contributed by atoms with Crippen molar-refractivity contribution in [2.24, 2.45) is 0 Å². The van der Waals surface area contributed by atoms with E-state index in [2.05, 4.69) is 17.6 Å². The van der Waals surface area contributed by atoms with Gasteiger partial charge in [0.2, 0.25) is 5.91 Å². The Labute approximate surface area is 136 Å². The molecule has 0 spiro atoms. The quantitative estimate of drug-likeness (QED) is 0.782. The first kappa shape index (κ1) is 16.7. The fraction of sp³-hybridized carbons (Fsp3) is 0.278. The minimum Gasteiger partial charge on any atom is -0.497 e. The van der Waals surface area contributed by atoms with Crippen LogP contribution in [0.3, 0.4) is 0 Å². The predicted molar refractivity (Wildman–Crippen MR) is 92.3 cm³/mol. The highest BCUT2D eigenvalue weighted by atomic mass is 16.5. The Hall–Kier alpha value is -2.69. The second-order valence-electron chi connectivity index (χ2n) is 5.01. The van der Waals surface area contributed by atoms with Crippen molar-refractivity contribution in [3.63, 3.8) is 0 Å². The smallest absolute Gasteiger partial charge is 0.243 e. The zero-order valence-corrected chi connectivity index (χ0v) is 13.5. The number of rotatable bonds is 8. The lowest BCUT2D eigenvalue weighted by Gasteiger charge is -2.10. The van der Waals surface area contributed by atoms with Crippen molar-refractivity contribution in [1.29, 1.82) is 0 Å². The number of nitrogens with one attached hydrogen (secondary N) is 2. The summed E-state index contributed by atoms with van der Waals surface area (Å²) in [5.41, 5.74) is 1.58. The van der Waals surface area contributed by atoms with E-state index in [0.29, 0.717) is 6.61 Å². The van der Waals surface area contributed by atoms with Gasteiger partial charge < -0.3 is 20.1 Å². The summed E-state index contributed by atoms with van der Waals surface area (Å²) in [6.45, 7) is 2.93. The lowest BCUT2D eigenvalue weighted by Crippen LogP contribution is -2.21. The van der Waals surface area contributed by atoms with Gasteiger partial charge >= 0.3 is 0 Å². The van der Waals surface area contributed by atoms with Crippen LogP contribution in [0.1, 0.15) is 13.3 Å². The molecular formula is C18H22N2O3. The van der Waals surface area contributed by atoms with Crippen LogP contribution in [-0.2, 0) is 4.79 Å². The Morgan fingerprint density at radius 3 is 2.52 bits per heavy atom. The van der Waals surface area contributed by atoms with Gasteiger partial charge in [-0.2, -0.15) is 0 Å². The summed E-state index contributed by atoms with van der Waals surface area (Å²) in [6.07, 6.45) is 0.960. The fourth-order valence-electron chi connectivity index (χ4n) is 1.98. The van der Waals surface area contributed by atoms with Crippen molar-refractivity contribution in [3.05, 3.63) is 48.5 Å². The number of carbonyl (C=O) groups is 1. The van der Waals surface area contributed by atoms with Crippen molar-refractivity contribution in [1.82, 2.24) is 0 Å². The van der Waals surface area contributed by atoms with Crippen molar-refractivity contribution in [2.75, 3.05) is 30.9 Å². The predicted octanol–water partition coefficient (Wildman–Crippen LogP) is 3.53. The first-order valence-electron chi connectivity index (χ1n) is 7.62. The standard InChI is InChI=1S/C18H22N2O3/c1-3-11-23-17-6-4-5-15(12-17)19-13-18(21)20-14-7-9-16(22-2)10-8-14/h4-10,12,19H,3,11,13H2,1-2H3,(H,20,21). The lowest BCUT2D eigenvalue weighted by molar-refractivity contribution is -0.114. The minimum absolute atomic E-state index is 0.116. The van der Waals surface area contributed by atoms with Crippen molar-refractivity contribution >= 4 is 17.3 Å². The van der Waals surface area contributed by atoms with Crippen molar-refractivity contribution in [3.8, 4) is 11.5 Å². The molecule has 0 aromatic heterocycles. The molecule has 0 saturated heterocycles. The van der Waals surface area contributed by atoms with E-state index in [4.69, 9.17) is 9.47 Å². The third-order valence-electron chi connectivity index (χ3n) is 3.13. The second kappa shape index (κ2) is 8.68. The monoisotopic (exact) mass is 314 g/mol. The zero-order valence-electron chi connectivity index (χ0n) is 13.5. The molecule has 0 atom stereocenters. The van der Waals surface area contributed by atoms with E-state index in [1.165, 1.54) is 0 Å². The molecule has 0 radical (unpaired) electrons. The summed E-state index contributed by atoms with van der Waals surface area (Å²) in [4.78, 5) is 12.0. The molecule has 2 aromatic carbocycles. The number of anilines is 2. The molecule has 122 valence electrons. The van der Waals surface area contributed by atoms with E-state index < -0.39 is 0 Å². The van der Waals surface area contributed by atoms with E-state index in [9.17, 15) is 4.79 Å². The van der Waals surface area contributed by atoms with E-state index in [1.54, 1.807) is 31.4 Å². The van der Waals surface area contributed by atoms with Crippen LogP contribution in [0.4, 0.5) is 11.4 Å². The molecule has 2 aromatic rings. The lowest BCUT2D eigenvalue weighted by atomic mass is 10.3. The van der Waals surface area contributed by atoms with Gasteiger partial charge in [-0.1, -0.05) is 13.0 Å². The maximum Gasteiger partial charge on any atom is 0.243 e. The Bertz CT molecular complexity index is 626. The molecule has 0 bridgehead atoms. The van der Waals surface area contributed by atoms with Gasteiger partial charge in [0.05, 0.1) is 20.3 Å². The molecule has 5 heteroatoms. The maximum atomic E-state index is 12.0. The highest BCUT2D eigenvalue weighted by molar-refractivity contribution is 5.93. The van der Waals surface area contributed by atoms with E-state index in [0.717, 1.165) is 29.3 Å². The van der Waals surface area contributed by atoms with Gasteiger partial charge in [-0.05, 0) is 42.8 Å². The van der Waals surface area contributed by atoms with E-state index in [-0.39, 0.29) is 12.5 Å². The molecule has 0 unspecified atom stereocenters. The van der Waals surface area contributed by atoms with Gasteiger partial charge in [-0.15, -0.1) is 0 Å². The first-order valence-corrected chi connectivity index (χ1v) is 7.62. The highest BCUT2D eigenvalue weighted by Gasteiger charge is 2.03. The van der Waals surface area contributed by atoms with Crippen LogP contribution < -0.4 is 20.1 Å². The molecule has 0 aliphatic carbocycles. The van der Waals surface area contributed by atoms with Crippen LogP contribution in [0.25, 0.3) is 0 Å². The molecule has 0 saturated carbocycles. The molecular weight excluding hydrogens is 292 g/mol. The fourth-order valence-corrected chi connectivity index (χ4v) is 1.98. The summed E-state index contributed by atoms with van der Waals surface area (Å²) in [6, 6.07) is 14.8. The van der Waals surface area contributed by atoms with Crippen LogP contribution in [-0.4, -0.2) is 26.2 Å². The zero-order chi connectivity index (χ0) is 16.5. The normalized spacial score (nSPS) is 10.0.